The maximum absolute atomic E-state index is 11.8. The summed E-state index contributed by atoms with van der Waals surface area (Å²) in [6, 6.07) is 3.03. The van der Waals surface area contributed by atoms with E-state index in [1.807, 2.05) is 0 Å². The van der Waals surface area contributed by atoms with Gasteiger partial charge in [-0.15, -0.1) is 0 Å². The van der Waals surface area contributed by atoms with E-state index in [4.69, 9.17) is 25.8 Å². The van der Waals surface area contributed by atoms with Crippen molar-refractivity contribution in [1.29, 1.82) is 0 Å². The summed E-state index contributed by atoms with van der Waals surface area (Å²) in [5.74, 6) is 0.302. The Labute approximate surface area is 105 Å². The Morgan fingerprint density at radius 3 is 2.24 bits per heavy atom. The molecule has 1 aromatic rings. The van der Waals surface area contributed by atoms with Crippen LogP contribution >= 0.6 is 11.6 Å². The fraction of sp³-hybridized carbons (Fsp3) is 0.417. The molecule has 1 rings (SSSR count). The largest absolute Gasteiger partial charge is 0.496 e. The van der Waals surface area contributed by atoms with E-state index in [-0.39, 0.29) is 6.10 Å². The van der Waals surface area contributed by atoms with Gasteiger partial charge in [0.15, 0.2) is 0 Å². The maximum atomic E-state index is 11.8. The van der Waals surface area contributed by atoms with Crippen LogP contribution in [-0.4, -0.2) is 26.3 Å². The molecule has 0 aliphatic carbocycles. The number of ether oxygens (including phenoxy) is 3. The van der Waals surface area contributed by atoms with Crippen molar-refractivity contribution in [1.82, 2.24) is 0 Å². The Morgan fingerprint density at radius 2 is 1.76 bits per heavy atom. The SMILES string of the molecule is COc1cc(C(=O)OC(C)C)c(OC)cc1Cl. The van der Waals surface area contributed by atoms with Crippen LogP contribution in [0.4, 0.5) is 0 Å². The first-order valence-electron chi connectivity index (χ1n) is 5.12. The van der Waals surface area contributed by atoms with Crippen LogP contribution in [0.5, 0.6) is 11.5 Å². The second kappa shape index (κ2) is 5.77. The summed E-state index contributed by atoms with van der Waals surface area (Å²) < 4.78 is 15.2. The van der Waals surface area contributed by atoms with E-state index in [1.54, 1.807) is 13.8 Å². The van der Waals surface area contributed by atoms with E-state index in [0.717, 1.165) is 0 Å². The molecule has 0 unspecified atom stereocenters. The molecular formula is C12H15ClO4. The minimum Gasteiger partial charge on any atom is -0.496 e. The van der Waals surface area contributed by atoms with Crippen molar-refractivity contribution in [3.8, 4) is 11.5 Å². The lowest BCUT2D eigenvalue weighted by molar-refractivity contribution is 0.0374. The van der Waals surface area contributed by atoms with Gasteiger partial charge in [-0.3, -0.25) is 0 Å². The van der Waals surface area contributed by atoms with Gasteiger partial charge in [-0.1, -0.05) is 11.6 Å². The molecule has 0 N–H and O–H groups in total. The zero-order chi connectivity index (χ0) is 13.0. The lowest BCUT2D eigenvalue weighted by atomic mass is 10.2. The Morgan fingerprint density at radius 1 is 1.18 bits per heavy atom. The fourth-order valence-electron chi connectivity index (χ4n) is 1.30. The molecule has 0 saturated carbocycles. The van der Waals surface area contributed by atoms with Crippen LogP contribution in [0.1, 0.15) is 24.2 Å². The Bertz CT molecular complexity index is 415. The van der Waals surface area contributed by atoms with E-state index >= 15 is 0 Å². The second-order valence-electron chi connectivity index (χ2n) is 3.64. The topological polar surface area (TPSA) is 44.8 Å². The number of benzene rings is 1. The molecule has 0 aliphatic heterocycles. The van der Waals surface area contributed by atoms with Gasteiger partial charge in [0.2, 0.25) is 0 Å². The number of carbonyl (C=O) groups is 1. The van der Waals surface area contributed by atoms with Crippen molar-refractivity contribution in [3.05, 3.63) is 22.7 Å². The van der Waals surface area contributed by atoms with Gasteiger partial charge in [-0.2, -0.15) is 0 Å². The summed E-state index contributed by atoms with van der Waals surface area (Å²) >= 11 is 5.93. The predicted molar refractivity (Wildman–Crippen MR) is 65.1 cm³/mol. The molecule has 0 fully saturated rings. The van der Waals surface area contributed by atoms with Gasteiger partial charge in [-0.25, -0.2) is 4.79 Å². The molecule has 0 radical (unpaired) electrons. The summed E-state index contributed by atoms with van der Waals surface area (Å²) in [6.07, 6.45) is -0.200. The number of hydrogen-bond donors (Lipinski definition) is 0. The number of esters is 1. The van der Waals surface area contributed by atoms with Crippen LogP contribution in [0, 0.1) is 0 Å². The first-order valence-corrected chi connectivity index (χ1v) is 5.50. The highest BCUT2D eigenvalue weighted by Gasteiger charge is 2.18. The van der Waals surface area contributed by atoms with Gasteiger partial charge < -0.3 is 14.2 Å². The van der Waals surface area contributed by atoms with Gasteiger partial charge in [0.1, 0.15) is 17.1 Å². The molecule has 1 aromatic carbocycles. The molecule has 0 aromatic heterocycles. The first-order chi connectivity index (χ1) is 7.99. The average molecular weight is 259 g/mol. The Kier molecular flexibility index (Phi) is 4.63. The van der Waals surface area contributed by atoms with E-state index in [2.05, 4.69) is 0 Å². The molecule has 4 nitrogen and oxygen atoms in total. The highest BCUT2D eigenvalue weighted by atomic mass is 35.5. The molecule has 0 aliphatic rings. The van der Waals surface area contributed by atoms with Crippen LogP contribution in [0.3, 0.4) is 0 Å². The van der Waals surface area contributed by atoms with E-state index in [9.17, 15) is 4.79 Å². The van der Waals surface area contributed by atoms with E-state index in [1.165, 1.54) is 26.4 Å². The zero-order valence-electron chi connectivity index (χ0n) is 10.2. The molecule has 0 amide bonds. The summed E-state index contributed by atoms with van der Waals surface area (Å²) in [4.78, 5) is 11.8. The summed E-state index contributed by atoms with van der Waals surface area (Å²) in [5, 5.41) is 0.380. The smallest absolute Gasteiger partial charge is 0.342 e. The van der Waals surface area contributed by atoms with Crippen molar-refractivity contribution in [2.45, 2.75) is 20.0 Å². The first kappa shape index (κ1) is 13.6. The van der Waals surface area contributed by atoms with Crippen LogP contribution in [-0.2, 0) is 4.74 Å². The maximum Gasteiger partial charge on any atom is 0.342 e. The fourth-order valence-corrected chi connectivity index (χ4v) is 1.53. The number of carbonyl (C=O) groups excluding carboxylic acids is 1. The van der Waals surface area contributed by atoms with Crippen molar-refractivity contribution in [2.24, 2.45) is 0 Å². The van der Waals surface area contributed by atoms with E-state index in [0.29, 0.717) is 22.1 Å². The van der Waals surface area contributed by atoms with Crippen LogP contribution in [0.15, 0.2) is 12.1 Å². The number of halogens is 1. The Balaban J connectivity index is 3.16. The van der Waals surface area contributed by atoms with Crippen LogP contribution in [0.2, 0.25) is 5.02 Å². The number of rotatable bonds is 4. The molecule has 0 saturated heterocycles. The molecule has 94 valence electrons. The van der Waals surface area contributed by atoms with Crippen molar-refractivity contribution >= 4 is 17.6 Å². The summed E-state index contributed by atoms with van der Waals surface area (Å²) in [7, 11) is 2.94. The van der Waals surface area contributed by atoms with Crippen LogP contribution < -0.4 is 9.47 Å². The Hall–Kier alpha value is -1.42. The minimum atomic E-state index is -0.466. The zero-order valence-corrected chi connectivity index (χ0v) is 11.0. The average Bonchev–Trinajstić information content (AvgIpc) is 2.27. The van der Waals surface area contributed by atoms with Crippen molar-refractivity contribution in [2.75, 3.05) is 14.2 Å². The second-order valence-corrected chi connectivity index (χ2v) is 4.05. The highest BCUT2D eigenvalue weighted by molar-refractivity contribution is 6.32. The van der Waals surface area contributed by atoms with Crippen molar-refractivity contribution in [3.63, 3.8) is 0 Å². The van der Waals surface area contributed by atoms with Gasteiger partial charge >= 0.3 is 5.97 Å². The predicted octanol–water partition coefficient (Wildman–Crippen LogP) is 2.92. The summed E-state index contributed by atoms with van der Waals surface area (Å²) in [5.41, 5.74) is 0.294. The van der Waals surface area contributed by atoms with Gasteiger partial charge in [-0.05, 0) is 19.9 Å². The van der Waals surface area contributed by atoms with Gasteiger partial charge in [0.05, 0.1) is 25.3 Å². The molecule has 5 heteroatoms. The molecular weight excluding hydrogens is 244 g/mol. The quantitative estimate of drug-likeness (QED) is 0.779. The highest BCUT2D eigenvalue weighted by Crippen LogP contribution is 2.32. The minimum absolute atomic E-state index is 0.200. The molecule has 0 spiro atoms. The normalized spacial score (nSPS) is 10.2. The number of methoxy groups -OCH3 is 2. The third-order valence-electron chi connectivity index (χ3n) is 2.04. The third-order valence-corrected chi connectivity index (χ3v) is 2.33. The molecule has 0 atom stereocenters. The number of hydrogen-bond acceptors (Lipinski definition) is 4. The van der Waals surface area contributed by atoms with Crippen molar-refractivity contribution < 1.29 is 19.0 Å². The third kappa shape index (κ3) is 3.27. The van der Waals surface area contributed by atoms with E-state index < -0.39 is 5.97 Å². The summed E-state index contributed by atoms with van der Waals surface area (Å²) in [6.45, 7) is 3.55. The standard InChI is InChI=1S/C12H15ClO4/c1-7(2)17-12(14)8-5-11(16-4)9(13)6-10(8)15-3/h5-7H,1-4H3. The molecule has 17 heavy (non-hydrogen) atoms. The lowest BCUT2D eigenvalue weighted by Crippen LogP contribution is -2.13. The molecule has 0 bridgehead atoms. The monoisotopic (exact) mass is 258 g/mol. The molecule has 0 heterocycles. The lowest BCUT2D eigenvalue weighted by Gasteiger charge is -2.13. The van der Waals surface area contributed by atoms with Gasteiger partial charge in [0.25, 0.3) is 0 Å². The van der Waals surface area contributed by atoms with Crippen LogP contribution in [0.25, 0.3) is 0 Å². The van der Waals surface area contributed by atoms with Gasteiger partial charge in [0, 0.05) is 6.07 Å².